The minimum atomic E-state index is -3.78. The van der Waals surface area contributed by atoms with Crippen molar-refractivity contribution in [2.75, 3.05) is 19.8 Å². The first-order valence-corrected chi connectivity index (χ1v) is 11.1. The van der Waals surface area contributed by atoms with Crippen LogP contribution in [0.4, 0.5) is 0 Å². The van der Waals surface area contributed by atoms with E-state index >= 15 is 0 Å². The van der Waals surface area contributed by atoms with Gasteiger partial charge in [0.15, 0.2) is 9.84 Å². The Morgan fingerprint density at radius 3 is 2.04 bits per heavy atom. The highest BCUT2D eigenvalue weighted by Gasteiger charge is 2.27. The van der Waals surface area contributed by atoms with Crippen molar-refractivity contribution >= 4 is 19.9 Å². The third-order valence-electron chi connectivity index (χ3n) is 4.18. The fourth-order valence-electron chi connectivity index (χ4n) is 2.40. The number of hydrogen-bond acceptors (Lipinski definition) is 5. The quantitative estimate of drug-likeness (QED) is 0.781. The molecule has 24 heavy (non-hydrogen) atoms. The van der Waals surface area contributed by atoms with Gasteiger partial charge in [0.05, 0.1) is 9.79 Å². The predicted octanol–water partition coefficient (Wildman–Crippen LogP) is 1.70. The van der Waals surface area contributed by atoms with Crippen molar-refractivity contribution in [3.05, 3.63) is 23.3 Å². The van der Waals surface area contributed by atoms with Gasteiger partial charge in [-0.25, -0.2) is 21.1 Å². The van der Waals surface area contributed by atoms with E-state index < -0.39 is 19.9 Å². The van der Waals surface area contributed by atoms with E-state index in [2.05, 4.69) is 0 Å². The largest absolute Gasteiger partial charge is 0.327 e. The summed E-state index contributed by atoms with van der Waals surface area (Å²) >= 11 is 0. The Balaban J connectivity index is 3.26. The number of sulfonamides is 1. The molecule has 0 bridgehead atoms. The molecular formula is C16H28N2O4S2. The van der Waals surface area contributed by atoms with E-state index in [9.17, 15) is 16.8 Å². The van der Waals surface area contributed by atoms with Gasteiger partial charge < -0.3 is 5.73 Å². The second-order valence-corrected chi connectivity index (χ2v) is 10.7. The van der Waals surface area contributed by atoms with Crippen LogP contribution in [0.1, 0.15) is 31.4 Å². The molecule has 0 aliphatic heterocycles. The summed E-state index contributed by atoms with van der Waals surface area (Å²) < 4.78 is 50.8. The summed E-state index contributed by atoms with van der Waals surface area (Å²) in [6.07, 6.45) is 1.62. The zero-order chi connectivity index (χ0) is 18.9. The summed E-state index contributed by atoms with van der Waals surface area (Å²) in [4.78, 5) is 0.0805. The molecule has 0 saturated heterocycles. The molecule has 0 spiro atoms. The maximum Gasteiger partial charge on any atom is 0.243 e. The average molecular weight is 377 g/mol. The van der Waals surface area contributed by atoms with E-state index in [1.807, 2.05) is 13.8 Å². The summed E-state index contributed by atoms with van der Waals surface area (Å²) in [7, 11) is -5.80. The first-order valence-electron chi connectivity index (χ1n) is 7.81. The van der Waals surface area contributed by atoms with Crippen molar-refractivity contribution in [2.45, 2.75) is 49.9 Å². The fourth-order valence-corrected chi connectivity index (χ4v) is 5.04. The first kappa shape index (κ1) is 21.1. The molecule has 138 valence electrons. The lowest BCUT2D eigenvalue weighted by Gasteiger charge is -2.23. The molecule has 0 saturated carbocycles. The van der Waals surface area contributed by atoms with Crippen LogP contribution in [0.5, 0.6) is 0 Å². The Morgan fingerprint density at radius 1 is 1.08 bits per heavy atom. The minimum Gasteiger partial charge on any atom is -0.327 e. The highest BCUT2D eigenvalue weighted by molar-refractivity contribution is 7.91. The normalized spacial score (nSPS) is 14.4. The number of nitrogens with zero attached hydrogens (tertiary/aromatic N) is 1. The second-order valence-electron chi connectivity index (χ2n) is 6.68. The fraction of sp³-hybridized carbons (Fsp3) is 0.625. The third-order valence-corrected chi connectivity index (χ3v) is 7.38. The lowest BCUT2D eigenvalue weighted by Crippen LogP contribution is -2.35. The molecule has 1 rings (SSSR count). The zero-order valence-corrected chi connectivity index (χ0v) is 16.8. The monoisotopic (exact) mass is 376 g/mol. The zero-order valence-electron chi connectivity index (χ0n) is 15.2. The van der Waals surface area contributed by atoms with Crippen LogP contribution in [0.25, 0.3) is 0 Å². The maximum atomic E-state index is 12.9. The molecule has 1 aromatic rings. The molecule has 8 heteroatoms. The Hall–Kier alpha value is -0.960. The van der Waals surface area contributed by atoms with Gasteiger partial charge in [0.2, 0.25) is 10.0 Å². The molecule has 0 radical (unpaired) electrons. The van der Waals surface area contributed by atoms with E-state index in [1.54, 1.807) is 6.92 Å². The topological polar surface area (TPSA) is 97.5 Å². The van der Waals surface area contributed by atoms with Crippen molar-refractivity contribution in [3.8, 4) is 0 Å². The predicted molar refractivity (Wildman–Crippen MR) is 96.3 cm³/mol. The smallest absolute Gasteiger partial charge is 0.243 e. The van der Waals surface area contributed by atoms with Gasteiger partial charge in [-0.1, -0.05) is 13.8 Å². The highest BCUT2D eigenvalue weighted by atomic mass is 32.2. The second kappa shape index (κ2) is 7.51. The van der Waals surface area contributed by atoms with Crippen LogP contribution in [0.2, 0.25) is 0 Å². The number of nitrogens with two attached hydrogens (primary N) is 1. The lowest BCUT2D eigenvalue weighted by atomic mass is 10.0. The van der Waals surface area contributed by atoms with E-state index in [-0.39, 0.29) is 33.9 Å². The molecular weight excluding hydrogens is 348 g/mol. The van der Waals surface area contributed by atoms with Crippen LogP contribution in [-0.2, 0) is 19.9 Å². The van der Waals surface area contributed by atoms with Gasteiger partial charge in [-0.3, -0.25) is 0 Å². The Kier molecular flexibility index (Phi) is 6.60. The van der Waals surface area contributed by atoms with E-state index in [0.717, 1.165) is 6.26 Å². The van der Waals surface area contributed by atoms with Crippen LogP contribution in [0.15, 0.2) is 21.9 Å². The SMILES string of the molecule is Cc1cc(S(C)(=O)=O)c(C)c(S(=O)(=O)N(C)CCC(N)C(C)C)c1. The Bertz CT molecular complexity index is 800. The molecule has 2 N–H and O–H groups in total. The van der Waals surface area contributed by atoms with E-state index in [0.29, 0.717) is 12.0 Å². The van der Waals surface area contributed by atoms with Crippen LogP contribution in [0.3, 0.4) is 0 Å². The molecule has 0 heterocycles. The third kappa shape index (κ3) is 4.78. The molecule has 1 atom stereocenters. The van der Waals surface area contributed by atoms with Crippen LogP contribution in [-0.4, -0.2) is 47.0 Å². The summed E-state index contributed by atoms with van der Waals surface area (Å²) in [5, 5.41) is 0. The standard InChI is InChI=1S/C16H28N2O4S2/c1-11(2)14(17)7-8-18(5)24(21,22)16-10-12(3)9-15(13(16)4)23(6,19)20/h9-11,14H,7-8,17H2,1-6H3. The summed E-state index contributed by atoms with van der Waals surface area (Å²) in [5.74, 6) is 0.263. The van der Waals surface area contributed by atoms with Crippen molar-refractivity contribution in [3.63, 3.8) is 0 Å². The van der Waals surface area contributed by atoms with Gasteiger partial charge in [0.1, 0.15) is 0 Å². The molecule has 0 aliphatic carbocycles. The van der Waals surface area contributed by atoms with Crippen LogP contribution in [0, 0.1) is 19.8 Å². The van der Waals surface area contributed by atoms with Gasteiger partial charge in [-0.2, -0.15) is 0 Å². The van der Waals surface area contributed by atoms with Gasteiger partial charge in [-0.15, -0.1) is 0 Å². The van der Waals surface area contributed by atoms with Crippen molar-refractivity contribution in [1.82, 2.24) is 4.31 Å². The van der Waals surface area contributed by atoms with Crippen molar-refractivity contribution in [1.29, 1.82) is 0 Å². The number of hydrogen-bond donors (Lipinski definition) is 1. The van der Waals surface area contributed by atoms with E-state index in [4.69, 9.17) is 5.73 Å². The first-order chi connectivity index (χ1) is 10.8. The number of rotatable bonds is 7. The van der Waals surface area contributed by atoms with Crippen LogP contribution >= 0.6 is 0 Å². The number of aryl methyl sites for hydroxylation is 1. The maximum absolute atomic E-state index is 12.9. The average Bonchev–Trinajstić information content (AvgIpc) is 2.44. The van der Waals surface area contributed by atoms with Crippen molar-refractivity contribution in [2.24, 2.45) is 11.7 Å². The van der Waals surface area contributed by atoms with Crippen molar-refractivity contribution < 1.29 is 16.8 Å². The van der Waals surface area contributed by atoms with Gasteiger partial charge in [0, 0.05) is 25.9 Å². The molecule has 0 aliphatic rings. The molecule has 0 fully saturated rings. The molecule has 1 aromatic carbocycles. The highest BCUT2D eigenvalue weighted by Crippen LogP contribution is 2.27. The van der Waals surface area contributed by atoms with Gasteiger partial charge in [-0.05, 0) is 49.4 Å². The summed E-state index contributed by atoms with van der Waals surface area (Å²) in [6.45, 7) is 7.46. The van der Waals surface area contributed by atoms with Crippen LogP contribution < -0.4 is 5.73 Å². The molecule has 0 aromatic heterocycles. The summed E-state index contributed by atoms with van der Waals surface area (Å²) in [5.41, 5.74) is 6.82. The van der Waals surface area contributed by atoms with Gasteiger partial charge >= 0.3 is 0 Å². The van der Waals surface area contributed by atoms with E-state index in [1.165, 1.54) is 30.4 Å². The lowest BCUT2D eigenvalue weighted by molar-refractivity contribution is 0.397. The Labute approximate surface area is 146 Å². The number of benzene rings is 1. The number of sulfone groups is 1. The minimum absolute atomic E-state index is 0.0311. The van der Waals surface area contributed by atoms with Gasteiger partial charge in [0.25, 0.3) is 0 Å². The summed E-state index contributed by atoms with van der Waals surface area (Å²) in [6, 6.07) is 2.92. The molecule has 0 amide bonds. The molecule has 1 unspecified atom stereocenters. The molecule has 6 nitrogen and oxygen atoms in total. The Morgan fingerprint density at radius 2 is 1.58 bits per heavy atom.